The molecule has 2 atom stereocenters. The molecule has 1 fully saturated rings. The van der Waals surface area contributed by atoms with Crippen molar-refractivity contribution in [3.8, 4) is 6.07 Å². The van der Waals surface area contributed by atoms with E-state index in [1.165, 1.54) is 25.3 Å². The molecule has 0 radical (unpaired) electrons. The summed E-state index contributed by atoms with van der Waals surface area (Å²) in [5, 5.41) is 9.50. The van der Waals surface area contributed by atoms with E-state index in [1.807, 2.05) is 0 Å². The van der Waals surface area contributed by atoms with Gasteiger partial charge in [-0.3, -0.25) is 9.59 Å². The summed E-state index contributed by atoms with van der Waals surface area (Å²) in [4.78, 5) is 23.5. The molecule has 5 heteroatoms. The summed E-state index contributed by atoms with van der Waals surface area (Å²) in [6, 6.07) is 8.09. The standard InChI is InChI=1S/C15H14FNO3/c1-20-14(19)10-8-15(9-17,7-6-13(10)18)11-4-2-3-5-12(11)16/h2-5,10H,6-8H2,1H3/t10-,15-/m0/s1. The summed E-state index contributed by atoms with van der Waals surface area (Å²) in [6.45, 7) is 0. The number of benzene rings is 1. The Kier molecular flexibility index (Phi) is 3.84. The van der Waals surface area contributed by atoms with Crippen molar-refractivity contribution in [1.29, 1.82) is 5.26 Å². The predicted octanol–water partition coefficient (Wildman–Crippen LogP) is 2.13. The molecular formula is C15H14FNO3. The molecule has 2 rings (SSSR count). The molecule has 0 spiro atoms. The Labute approximate surface area is 116 Å². The zero-order valence-electron chi connectivity index (χ0n) is 11.1. The molecule has 0 aromatic heterocycles. The number of esters is 1. The summed E-state index contributed by atoms with van der Waals surface area (Å²) < 4.78 is 18.6. The zero-order chi connectivity index (χ0) is 14.8. The topological polar surface area (TPSA) is 67.2 Å². The van der Waals surface area contributed by atoms with Crippen LogP contribution in [0.25, 0.3) is 0 Å². The molecule has 4 nitrogen and oxygen atoms in total. The lowest BCUT2D eigenvalue weighted by molar-refractivity contribution is -0.151. The summed E-state index contributed by atoms with van der Waals surface area (Å²) in [5.41, 5.74) is -0.915. The minimum atomic E-state index is -1.15. The minimum absolute atomic E-state index is 0.0318. The van der Waals surface area contributed by atoms with Crippen LogP contribution < -0.4 is 0 Å². The first-order valence-electron chi connectivity index (χ1n) is 6.31. The van der Waals surface area contributed by atoms with Crippen LogP contribution >= 0.6 is 0 Å². The number of hydrogen-bond acceptors (Lipinski definition) is 4. The first-order valence-corrected chi connectivity index (χ1v) is 6.31. The molecule has 1 aliphatic rings. The first-order chi connectivity index (χ1) is 9.54. The average molecular weight is 275 g/mol. The van der Waals surface area contributed by atoms with Gasteiger partial charge < -0.3 is 4.74 Å². The van der Waals surface area contributed by atoms with E-state index in [-0.39, 0.29) is 30.6 Å². The number of halogens is 1. The zero-order valence-corrected chi connectivity index (χ0v) is 11.1. The molecule has 20 heavy (non-hydrogen) atoms. The smallest absolute Gasteiger partial charge is 0.316 e. The van der Waals surface area contributed by atoms with Crippen molar-refractivity contribution < 1.29 is 18.7 Å². The largest absolute Gasteiger partial charge is 0.468 e. The number of rotatable bonds is 2. The van der Waals surface area contributed by atoms with Gasteiger partial charge in [0.05, 0.1) is 18.6 Å². The van der Waals surface area contributed by atoms with E-state index in [0.29, 0.717) is 0 Å². The highest BCUT2D eigenvalue weighted by Crippen LogP contribution is 2.41. The van der Waals surface area contributed by atoms with Crippen molar-refractivity contribution in [3.63, 3.8) is 0 Å². The third-order valence-corrected chi connectivity index (χ3v) is 3.83. The van der Waals surface area contributed by atoms with Crippen molar-refractivity contribution in [1.82, 2.24) is 0 Å². The Morgan fingerprint density at radius 1 is 1.50 bits per heavy atom. The molecule has 0 bridgehead atoms. The molecule has 0 saturated heterocycles. The summed E-state index contributed by atoms with van der Waals surface area (Å²) in [6.07, 6.45) is 0.258. The van der Waals surface area contributed by atoms with E-state index in [0.717, 1.165) is 0 Å². The van der Waals surface area contributed by atoms with Gasteiger partial charge in [-0.15, -0.1) is 0 Å². The van der Waals surface area contributed by atoms with Gasteiger partial charge in [-0.2, -0.15) is 5.26 Å². The lowest BCUT2D eigenvalue weighted by Gasteiger charge is -2.34. The van der Waals surface area contributed by atoms with Gasteiger partial charge in [0.15, 0.2) is 0 Å². The van der Waals surface area contributed by atoms with E-state index < -0.39 is 23.1 Å². The second-order valence-electron chi connectivity index (χ2n) is 4.92. The van der Waals surface area contributed by atoms with Gasteiger partial charge in [0.2, 0.25) is 0 Å². The third-order valence-electron chi connectivity index (χ3n) is 3.83. The van der Waals surface area contributed by atoms with Crippen LogP contribution in [0.3, 0.4) is 0 Å². The van der Waals surface area contributed by atoms with Crippen molar-refractivity contribution >= 4 is 11.8 Å². The van der Waals surface area contributed by atoms with Gasteiger partial charge in [-0.05, 0) is 18.9 Å². The quantitative estimate of drug-likeness (QED) is 0.612. The Morgan fingerprint density at radius 2 is 2.20 bits per heavy atom. The van der Waals surface area contributed by atoms with E-state index in [9.17, 15) is 19.2 Å². The van der Waals surface area contributed by atoms with E-state index in [4.69, 9.17) is 0 Å². The maximum atomic E-state index is 14.0. The third kappa shape index (κ3) is 2.29. The second-order valence-corrected chi connectivity index (χ2v) is 4.92. The molecule has 0 amide bonds. The van der Waals surface area contributed by atoms with E-state index in [1.54, 1.807) is 6.07 Å². The van der Waals surface area contributed by atoms with Gasteiger partial charge in [-0.1, -0.05) is 18.2 Å². The number of methoxy groups -OCH3 is 1. The Balaban J connectivity index is 2.43. The summed E-state index contributed by atoms with van der Waals surface area (Å²) in [5.74, 6) is -2.40. The molecule has 104 valence electrons. The number of nitrogens with zero attached hydrogens (tertiary/aromatic N) is 1. The number of nitriles is 1. The van der Waals surface area contributed by atoms with Gasteiger partial charge in [0, 0.05) is 12.0 Å². The molecular weight excluding hydrogens is 261 g/mol. The van der Waals surface area contributed by atoms with E-state index >= 15 is 0 Å². The fourth-order valence-corrected chi connectivity index (χ4v) is 2.69. The minimum Gasteiger partial charge on any atom is -0.468 e. The van der Waals surface area contributed by atoms with Crippen LogP contribution in [0.4, 0.5) is 4.39 Å². The molecule has 1 aromatic carbocycles. The highest BCUT2D eigenvalue weighted by atomic mass is 19.1. The molecule has 1 aliphatic carbocycles. The van der Waals surface area contributed by atoms with Crippen LogP contribution in [0.15, 0.2) is 24.3 Å². The fourth-order valence-electron chi connectivity index (χ4n) is 2.69. The van der Waals surface area contributed by atoms with Gasteiger partial charge in [-0.25, -0.2) is 4.39 Å². The number of Topliss-reactive ketones (excluding diaryl/α,β-unsaturated/α-hetero) is 1. The van der Waals surface area contributed by atoms with Crippen LogP contribution in [-0.4, -0.2) is 18.9 Å². The molecule has 0 aliphatic heterocycles. The van der Waals surface area contributed by atoms with Crippen LogP contribution in [0.2, 0.25) is 0 Å². The van der Waals surface area contributed by atoms with E-state index in [2.05, 4.69) is 10.8 Å². The van der Waals surface area contributed by atoms with Gasteiger partial charge >= 0.3 is 5.97 Å². The second kappa shape index (κ2) is 5.41. The molecule has 1 saturated carbocycles. The van der Waals surface area contributed by atoms with Crippen molar-refractivity contribution in [3.05, 3.63) is 35.6 Å². The highest BCUT2D eigenvalue weighted by Gasteiger charge is 2.46. The number of carbonyl (C=O) groups excluding carboxylic acids is 2. The van der Waals surface area contributed by atoms with Crippen molar-refractivity contribution in [2.75, 3.05) is 7.11 Å². The molecule has 1 aromatic rings. The lowest BCUT2D eigenvalue weighted by Crippen LogP contribution is -2.40. The van der Waals surface area contributed by atoms with Crippen LogP contribution in [0, 0.1) is 23.1 Å². The number of ether oxygens (including phenoxy) is 1. The Morgan fingerprint density at radius 3 is 2.80 bits per heavy atom. The Hall–Kier alpha value is -2.22. The highest BCUT2D eigenvalue weighted by molar-refractivity contribution is 6.00. The Bertz CT molecular complexity index is 585. The van der Waals surface area contributed by atoms with Crippen molar-refractivity contribution in [2.45, 2.75) is 24.7 Å². The lowest BCUT2D eigenvalue weighted by atomic mass is 9.66. The fraction of sp³-hybridized carbons (Fsp3) is 0.400. The van der Waals surface area contributed by atoms with Crippen LogP contribution in [-0.2, 0) is 19.7 Å². The number of hydrogen-bond donors (Lipinski definition) is 0. The van der Waals surface area contributed by atoms with Crippen molar-refractivity contribution in [2.24, 2.45) is 5.92 Å². The van der Waals surface area contributed by atoms with Crippen LogP contribution in [0.5, 0.6) is 0 Å². The number of ketones is 1. The maximum Gasteiger partial charge on any atom is 0.316 e. The first kappa shape index (κ1) is 14.2. The molecule has 0 unspecified atom stereocenters. The SMILES string of the molecule is COC(=O)[C@H]1C[C@@](C#N)(c2ccccc2F)CCC1=O. The van der Waals surface area contributed by atoms with Crippen LogP contribution in [0.1, 0.15) is 24.8 Å². The predicted molar refractivity (Wildman–Crippen MR) is 68.1 cm³/mol. The van der Waals surface area contributed by atoms with Gasteiger partial charge in [0.1, 0.15) is 17.5 Å². The average Bonchev–Trinajstić information content (AvgIpc) is 2.48. The maximum absolute atomic E-state index is 14.0. The van der Waals surface area contributed by atoms with Gasteiger partial charge in [0.25, 0.3) is 0 Å². The number of carbonyl (C=O) groups is 2. The molecule has 0 heterocycles. The normalized spacial score (nSPS) is 25.9. The summed E-state index contributed by atoms with van der Waals surface area (Å²) in [7, 11) is 1.20. The molecule has 0 N–H and O–H groups in total. The monoisotopic (exact) mass is 275 g/mol. The summed E-state index contributed by atoms with van der Waals surface area (Å²) >= 11 is 0.